The van der Waals surface area contributed by atoms with Gasteiger partial charge in [-0.3, -0.25) is 9.36 Å². The lowest BCUT2D eigenvalue weighted by molar-refractivity contribution is -0.679. The van der Waals surface area contributed by atoms with E-state index in [1.54, 1.807) is 34.4 Å². The maximum absolute atomic E-state index is 14.3. The van der Waals surface area contributed by atoms with Gasteiger partial charge < -0.3 is 9.64 Å². The van der Waals surface area contributed by atoms with Gasteiger partial charge in [-0.15, -0.1) is 11.3 Å². The average Bonchev–Trinajstić information content (AvgIpc) is 3.74. The van der Waals surface area contributed by atoms with Crippen LogP contribution in [0.5, 0.6) is 0 Å². The second kappa shape index (κ2) is 14.8. The quantitative estimate of drug-likeness (QED) is 0.141. The largest absolute Gasteiger partial charge is 0.479 e. The summed E-state index contributed by atoms with van der Waals surface area (Å²) in [6.07, 6.45) is 4.39. The summed E-state index contributed by atoms with van der Waals surface area (Å²) in [5, 5.41) is 2.18. The fourth-order valence-corrected chi connectivity index (χ4v) is 9.55. The molecule has 47 heavy (non-hydrogen) atoms. The minimum Gasteiger partial charge on any atom is -0.479 e. The van der Waals surface area contributed by atoms with Gasteiger partial charge in [0.1, 0.15) is 20.6 Å². The molecule has 0 amide bonds. The first-order valence-electron chi connectivity index (χ1n) is 16.2. The third-order valence-electron chi connectivity index (χ3n) is 8.10. The molecule has 3 heterocycles. The Morgan fingerprint density at radius 3 is 2.06 bits per heavy atom. The molecule has 0 aliphatic carbocycles. The number of hydrogen-bond donors (Lipinski definition) is 0. The van der Waals surface area contributed by atoms with E-state index in [2.05, 4.69) is 122 Å². The third-order valence-corrected chi connectivity index (χ3v) is 11.5. The number of thioether (sulfide) groups is 1. The lowest BCUT2D eigenvalue weighted by atomic mass is 10.1. The van der Waals surface area contributed by atoms with Crippen molar-refractivity contribution in [3.05, 3.63) is 143 Å². The molecule has 5 nitrogen and oxygen atoms in total. The van der Waals surface area contributed by atoms with Crippen LogP contribution in [0.15, 0.2) is 118 Å². The predicted molar refractivity (Wildman–Crippen MR) is 199 cm³/mol. The molecule has 0 saturated carbocycles. The molecule has 0 radical (unpaired) electrons. The Labute approximate surface area is 289 Å². The van der Waals surface area contributed by atoms with E-state index < -0.39 is 0 Å². The fourth-order valence-electron chi connectivity index (χ4n) is 5.93. The molecule has 0 spiro atoms. The summed E-state index contributed by atoms with van der Waals surface area (Å²) in [7, 11) is 0. The second-order valence-corrected chi connectivity index (χ2v) is 14.3. The highest BCUT2D eigenvalue weighted by molar-refractivity contribution is 8.06. The van der Waals surface area contributed by atoms with Crippen LogP contribution in [0.25, 0.3) is 33.3 Å². The van der Waals surface area contributed by atoms with Crippen molar-refractivity contribution in [1.29, 1.82) is 0 Å². The van der Waals surface area contributed by atoms with E-state index in [4.69, 9.17) is 4.74 Å². The highest BCUT2D eigenvalue weighted by Gasteiger charge is 2.28. The lowest BCUT2D eigenvalue weighted by Gasteiger charge is -2.21. The van der Waals surface area contributed by atoms with Crippen molar-refractivity contribution in [2.24, 2.45) is 0 Å². The Balaban J connectivity index is 1.61. The zero-order valence-corrected chi connectivity index (χ0v) is 30.0. The number of nitrogens with zero attached hydrogens (tertiary/aromatic N) is 3. The Morgan fingerprint density at radius 2 is 1.47 bits per heavy atom. The number of allylic oxidation sites excluding steroid dienone is 2. The van der Waals surface area contributed by atoms with Crippen molar-refractivity contribution < 1.29 is 9.30 Å². The molecule has 0 N–H and O–H groups in total. The molecule has 1 aliphatic heterocycles. The van der Waals surface area contributed by atoms with Gasteiger partial charge in [0.25, 0.3) is 10.6 Å². The Morgan fingerprint density at radius 1 is 0.830 bits per heavy atom. The van der Waals surface area contributed by atoms with Crippen LogP contribution in [0.2, 0.25) is 0 Å². The number of hydrogen-bond acceptors (Lipinski definition) is 6. The van der Waals surface area contributed by atoms with Gasteiger partial charge in [0, 0.05) is 29.1 Å². The van der Waals surface area contributed by atoms with Crippen molar-refractivity contribution in [3.8, 4) is 21.7 Å². The lowest BCUT2D eigenvalue weighted by Crippen LogP contribution is -2.37. The van der Waals surface area contributed by atoms with Gasteiger partial charge >= 0.3 is 0 Å². The normalized spacial score (nSPS) is 15.2. The molecular weight excluding hydrogens is 639 g/mol. The Hall–Kier alpha value is -4.11. The number of thiazole rings is 2. The molecule has 8 heteroatoms. The summed E-state index contributed by atoms with van der Waals surface area (Å²) in [4.78, 5) is 18.9. The number of aromatic nitrogens is 2. The van der Waals surface area contributed by atoms with Crippen molar-refractivity contribution in [1.82, 2.24) is 9.47 Å². The van der Waals surface area contributed by atoms with E-state index in [-0.39, 0.29) is 5.56 Å². The van der Waals surface area contributed by atoms with Gasteiger partial charge in [-0.2, -0.15) is 4.57 Å². The monoisotopic (exact) mass is 678 g/mol. The maximum atomic E-state index is 14.3. The van der Waals surface area contributed by atoms with Crippen molar-refractivity contribution in [3.63, 3.8) is 0 Å². The third kappa shape index (κ3) is 6.55. The molecule has 2 aromatic heterocycles. The Bertz CT molecular complexity index is 2110. The van der Waals surface area contributed by atoms with E-state index in [0.29, 0.717) is 13.2 Å². The number of benzene rings is 3. The molecule has 240 valence electrons. The average molecular weight is 679 g/mol. The van der Waals surface area contributed by atoms with Gasteiger partial charge in [0.15, 0.2) is 0 Å². The van der Waals surface area contributed by atoms with Crippen LogP contribution in [-0.4, -0.2) is 22.6 Å². The summed E-state index contributed by atoms with van der Waals surface area (Å²) in [6, 6.07) is 31.5. The first kappa shape index (κ1) is 32.8. The Kier molecular flexibility index (Phi) is 10.3. The smallest absolute Gasteiger partial charge is 0.269 e. The molecule has 0 saturated heterocycles. The molecular formula is C39H40N3O2S3+. The first-order valence-corrected chi connectivity index (χ1v) is 18.6. The summed E-state index contributed by atoms with van der Waals surface area (Å²) in [5.74, 6) is 0.898. The summed E-state index contributed by atoms with van der Waals surface area (Å²) in [5.41, 5.74) is 5.55. The topological polar surface area (TPSA) is 38.4 Å². The maximum Gasteiger partial charge on any atom is 0.269 e. The van der Waals surface area contributed by atoms with Crippen LogP contribution < -0.4 is 19.3 Å². The molecule has 1 aliphatic rings. The molecule has 0 fully saturated rings. The van der Waals surface area contributed by atoms with Gasteiger partial charge in [-0.1, -0.05) is 102 Å². The standard InChI is InChI=1S/C39H40N3O2S3/c1-6-40-33(46-36(30-23-17-12-18-24-30)35(40)29-21-15-11-16-22-29)26-34-41(7-2)38(43)37(47-34)31(28-19-13-10-14-20-28)25-32-42(8-3)39(44-9-4)27(5)45-32/h10-26H,6-9H2,1-5H3/q+1. The zero-order valence-electron chi connectivity index (χ0n) is 27.5. The molecule has 3 aromatic carbocycles. The summed E-state index contributed by atoms with van der Waals surface area (Å²) in [6.45, 7) is 13.3. The van der Waals surface area contributed by atoms with Crippen LogP contribution in [-0.2, 0) is 17.8 Å². The van der Waals surface area contributed by atoms with E-state index >= 15 is 0 Å². The molecule has 0 atom stereocenters. The zero-order chi connectivity index (χ0) is 32.9. The minimum atomic E-state index is 0.0337. The van der Waals surface area contributed by atoms with E-state index in [1.165, 1.54) is 21.7 Å². The fraction of sp³-hybridized carbons (Fsp3) is 0.231. The number of rotatable bonds is 10. The number of ether oxygens (including phenoxy) is 1. The second-order valence-electron chi connectivity index (χ2n) is 11.0. The van der Waals surface area contributed by atoms with E-state index in [1.807, 2.05) is 29.7 Å². The highest BCUT2D eigenvalue weighted by atomic mass is 32.2. The van der Waals surface area contributed by atoms with Gasteiger partial charge in [0.2, 0.25) is 11.6 Å². The van der Waals surface area contributed by atoms with Crippen LogP contribution >= 0.6 is 34.4 Å². The summed E-state index contributed by atoms with van der Waals surface area (Å²) >= 11 is 5.05. The van der Waals surface area contributed by atoms with Crippen molar-refractivity contribution in [2.75, 3.05) is 13.2 Å². The minimum absolute atomic E-state index is 0.0337. The van der Waals surface area contributed by atoms with Crippen LogP contribution in [0.1, 0.15) is 45.2 Å². The molecule has 0 bridgehead atoms. The molecule has 5 aromatic rings. The highest BCUT2D eigenvalue weighted by Crippen LogP contribution is 2.42. The van der Waals surface area contributed by atoms with Crippen molar-refractivity contribution in [2.45, 2.75) is 47.7 Å². The van der Waals surface area contributed by atoms with Gasteiger partial charge in [-0.05, 0) is 64.0 Å². The van der Waals surface area contributed by atoms with Crippen LogP contribution in [0, 0.1) is 0 Å². The SMILES string of the molecule is CCOC1=C(C)SC(=CC(c2ccccc2)=c2sc(=Cc3sc(-c4ccccc4)c(-c4ccccc4)[n+]3CC)n(CC)c2=O)N1CC. The summed E-state index contributed by atoms with van der Waals surface area (Å²) < 4.78 is 12.0. The predicted octanol–water partition coefficient (Wildman–Crippen LogP) is 7.80. The van der Waals surface area contributed by atoms with Gasteiger partial charge in [-0.25, -0.2) is 0 Å². The van der Waals surface area contributed by atoms with Crippen molar-refractivity contribution >= 4 is 46.1 Å². The molecule has 6 rings (SSSR count). The first-order chi connectivity index (χ1) is 23.0. The van der Waals surface area contributed by atoms with Gasteiger partial charge in [0.05, 0.1) is 17.7 Å². The van der Waals surface area contributed by atoms with Crippen LogP contribution in [0.3, 0.4) is 0 Å². The molecule has 0 unspecified atom stereocenters. The van der Waals surface area contributed by atoms with Crippen LogP contribution in [0.4, 0.5) is 0 Å². The van der Waals surface area contributed by atoms with E-state index in [9.17, 15) is 4.79 Å². The van der Waals surface area contributed by atoms with E-state index in [0.717, 1.165) is 54.2 Å².